The first-order valence-corrected chi connectivity index (χ1v) is 16.6. The molecule has 1 aromatic rings. The maximum Gasteiger partial charge on any atom is 0.416 e. The molecule has 1 atom stereocenters. The Hall–Kier alpha value is -2.74. The summed E-state index contributed by atoms with van der Waals surface area (Å²) in [5.74, 6) is -0.220. The van der Waals surface area contributed by atoms with Crippen molar-refractivity contribution in [2.75, 3.05) is 59.7 Å². The van der Waals surface area contributed by atoms with Crippen LogP contribution in [-0.2, 0) is 27.0 Å². The fourth-order valence-electron chi connectivity index (χ4n) is 5.80. The quantitative estimate of drug-likeness (QED) is 0.148. The van der Waals surface area contributed by atoms with Crippen molar-refractivity contribution in [2.45, 2.75) is 56.2 Å². The lowest BCUT2D eigenvalue weighted by Gasteiger charge is -2.42. The number of nitrogens with zero attached hydrogens (tertiary/aromatic N) is 5. The second-order valence-corrected chi connectivity index (χ2v) is 12.9. The van der Waals surface area contributed by atoms with E-state index in [2.05, 4.69) is 17.0 Å². The number of piperazine rings is 1. The molecule has 2 heterocycles. The van der Waals surface area contributed by atoms with Crippen LogP contribution in [0, 0.1) is 0 Å². The van der Waals surface area contributed by atoms with Gasteiger partial charge in [-0.15, -0.1) is 11.8 Å². The first-order valence-electron chi connectivity index (χ1n) is 15.0. The third-order valence-corrected chi connectivity index (χ3v) is 10.4. The number of carbonyl (C=O) groups excluding carboxylic acids is 2. The van der Waals surface area contributed by atoms with E-state index in [9.17, 15) is 22.8 Å². The zero-order valence-electron chi connectivity index (χ0n) is 26.3. The van der Waals surface area contributed by atoms with Crippen LogP contribution in [0.1, 0.15) is 43.7 Å². The van der Waals surface area contributed by atoms with E-state index in [-0.39, 0.29) is 28.1 Å². The number of amides is 2. The molecule has 1 saturated heterocycles. The Morgan fingerprint density at radius 1 is 1.22 bits per heavy atom. The van der Waals surface area contributed by atoms with Gasteiger partial charge in [0.15, 0.2) is 0 Å². The molecular formula is C31H42ClF3N6O3S. The Labute approximate surface area is 272 Å². The number of rotatable bonds is 12. The number of alkyl halides is 3. The highest BCUT2D eigenvalue weighted by Gasteiger charge is 2.51. The number of hydrogen-bond acceptors (Lipinski definition) is 8. The number of nitrogens with one attached hydrogen (secondary N) is 1. The first-order chi connectivity index (χ1) is 21.4. The number of hydrogen-bond donors (Lipinski definition) is 1. The summed E-state index contributed by atoms with van der Waals surface area (Å²) in [4.78, 5) is 36.2. The third-order valence-electron chi connectivity index (χ3n) is 8.68. The Morgan fingerprint density at radius 2 is 1.89 bits per heavy atom. The zero-order valence-corrected chi connectivity index (χ0v) is 27.8. The maximum atomic E-state index is 14.8. The minimum Gasteiger partial charge on any atom is -0.390 e. The van der Waals surface area contributed by atoms with Gasteiger partial charge >= 0.3 is 6.18 Å². The van der Waals surface area contributed by atoms with Crippen molar-refractivity contribution in [2.24, 2.45) is 4.99 Å². The first kappa shape index (κ1) is 35.1. The van der Waals surface area contributed by atoms with Gasteiger partial charge in [0.05, 0.1) is 30.1 Å². The second kappa shape index (κ2) is 14.8. The van der Waals surface area contributed by atoms with Gasteiger partial charge in [-0.05, 0) is 61.9 Å². The minimum absolute atomic E-state index is 0.103. The molecule has 0 spiro atoms. The predicted molar refractivity (Wildman–Crippen MR) is 172 cm³/mol. The van der Waals surface area contributed by atoms with Gasteiger partial charge in [-0.1, -0.05) is 30.7 Å². The molecule has 0 radical (unpaired) electrons. The molecule has 2 amide bonds. The molecule has 1 aromatic carbocycles. The molecule has 4 rings (SSSR count). The van der Waals surface area contributed by atoms with Crippen LogP contribution in [0.4, 0.5) is 13.2 Å². The maximum absolute atomic E-state index is 14.8. The van der Waals surface area contributed by atoms with Crippen molar-refractivity contribution in [3.8, 4) is 0 Å². The monoisotopic (exact) mass is 670 g/mol. The summed E-state index contributed by atoms with van der Waals surface area (Å²) in [5, 5.41) is 6.21. The van der Waals surface area contributed by atoms with Crippen LogP contribution in [0.25, 0.3) is 0 Å². The molecule has 2 aliphatic heterocycles. The topological polar surface area (TPSA) is 80.7 Å². The Kier molecular flexibility index (Phi) is 11.5. The molecule has 1 unspecified atom stereocenters. The van der Waals surface area contributed by atoms with Crippen LogP contribution < -0.4 is 5.32 Å². The zero-order chi connectivity index (χ0) is 32.9. The van der Waals surface area contributed by atoms with Gasteiger partial charge < -0.3 is 19.9 Å². The second-order valence-electron chi connectivity index (χ2n) is 11.3. The van der Waals surface area contributed by atoms with Crippen molar-refractivity contribution in [3.63, 3.8) is 0 Å². The van der Waals surface area contributed by atoms with Crippen molar-refractivity contribution in [1.29, 1.82) is 0 Å². The number of halogens is 4. The standard InChI is InChI=1S/C31H42ClF3N6O3S/c1-6-25(36-2)26(39-13-15-40(16-14-39)29(43)30(45-5)11-12-30)28(42)41(38(4)27(37-3)21-9-17-44-18-10-21)20-22-7-8-23(19-24(22)32)31(33,34)35/h7-9,19,27,36H,3,6,10-18,20H2,1-2,4-5H3/b26-25+. The van der Waals surface area contributed by atoms with Crippen LogP contribution >= 0.6 is 23.4 Å². The van der Waals surface area contributed by atoms with E-state index in [1.54, 1.807) is 30.9 Å². The molecular weight excluding hydrogens is 629 g/mol. The van der Waals surface area contributed by atoms with E-state index in [1.807, 2.05) is 29.1 Å². The highest BCUT2D eigenvalue weighted by Crippen LogP contribution is 2.48. The average molecular weight is 671 g/mol. The lowest BCUT2D eigenvalue weighted by atomic mass is 10.1. The van der Waals surface area contributed by atoms with Crippen LogP contribution in [0.3, 0.4) is 0 Å². The fourth-order valence-corrected chi connectivity index (χ4v) is 6.86. The predicted octanol–water partition coefficient (Wildman–Crippen LogP) is 4.79. The molecule has 248 valence electrons. The molecule has 0 bridgehead atoms. The summed E-state index contributed by atoms with van der Waals surface area (Å²) in [6.45, 7) is 8.37. The van der Waals surface area contributed by atoms with Gasteiger partial charge in [-0.3, -0.25) is 19.6 Å². The van der Waals surface area contributed by atoms with E-state index in [1.165, 1.54) is 11.1 Å². The Bertz CT molecular complexity index is 1320. The SMILES string of the molecule is C=NC(C1=CCOCC1)N(C)N(Cc1ccc(C(F)(F)F)cc1Cl)C(=O)/C(=C(/CC)NC)N1CCN(C(=O)C2(SC)CC2)CC1. The molecule has 2 fully saturated rings. The molecule has 45 heavy (non-hydrogen) atoms. The number of likely N-dealkylation sites (N-methyl/N-ethyl adjacent to an activating group) is 1. The molecule has 3 aliphatic rings. The summed E-state index contributed by atoms with van der Waals surface area (Å²) in [5.41, 5.74) is 1.52. The van der Waals surface area contributed by atoms with Gasteiger partial charge in [0.1, 0.15) is 11.9 Å². The molecule has 0 aromatic heterocycles. The normalized spacial score (nSPS) is 19.4. The number of allylic oxidation sites excluding steroid dienone is 1. The highest BCUT2D eigenvalue weighted by molar-refractivity contribution is 8.01. The van der Waals surface area contributed by atoms with E-state index in [4.69, 9.17) is 16.3 Å². The molecule has 1 aliphatic carbocycles. The largest absolute Gasteiger partial charge is 0.416 e. The van der Waals surface area contributed by atoms with Crippen LogP contribution in [0.2, 0.25) is 5.02 Å². The van der Waals surface area contributed by atoms with Crippen molar-refractivity contribution < 1.29 is 27.5 Å². The van der Waals surface area contributed by atoms with Gasteiger partial charge in [-0.25, -0.2) is 0 Å². The lowest BCUT2D eigenvalue weighted by Crippen LogP contribution is -2.55. The van der Waals surface area contributed by atoms with Gasteiger partial charge in [0, 0.05) is 51.0 Å². The van der Waals surface area contributed by atoms with E-state index >= 15 is 0 Å². The van der Waals surface area contributed by atoms with Crippen LogP contribution in [-0.4, -0.2) is 109 Å². The number of benzene rings is 1. The van der Waals surface area contributed by atoms with Crippen molar-refractivity contribution >= 4 is 41.9 Å². The number of hydrazine groups is 1. The fraction of sp³-hybridized carbons (Fsp3) is 0.581. The lowest BCUT2D eigenvalue weighted by molar-refractivity contribution is -0.149. The molecule has 1 N–H and O–H groups in total. The average Bonchev–Trinajstić information content (AvgIpc) is 3.84. The smallest absolute Gasteiger partial charge is 0.390 e. The summed E-state index contributed by atoms with van der Waals surface area (Å²) >= 11 is 8.00. The van der Waals surface area contributed by atoms with Crippen molar-refractivity contribution in [3.05, 3.63) is 57.4 Å². The summed E-state index contributed by atoms with van der Waals surface area (Å²) < 4.78 is 45.4. The molecule has 14 heteroatoms. The molecule has 1 saturated carbocycles. The van der Waals surface area contributed by atoms with E-state index in [0.717, 1.165) is 30.5 Å². The van der Waals surface area contributed by atoms with E-state index < -0.39 is 17.9 Å². The van der Waals surface area contributed by atoms with E-state index in [0.29, 0.717) is 69.2 Å². The minimum atomic E-state index is -4.56. The molecule has 9 nitrogen and oxygen atoms in total. The van der Waals surface area contributed by atoms with Gasteiger partial charge in [0.2, 0.25) is 5.91 Å². The van der Waals surface area contributed by atoms with Crippen molar-refractivity contribution in [1.82, 2.24) is 25.1 Å². The summed E-state index contributed by atoms with van der Waals surface area (Å²) in [7, 11) is 3.46. The van der Waals surface area contributed by atoms with Crippen LogP contribution in [0.5, 0.6) is 0 Å². The Morgan fingerprint density at radius 3 is 2.38 bits per heavy atom. The van der Waals surface area contributed by atoms with Crippen LogP contribution in [0.15, 0.2) is 46.2 Å². The van der Waals surface area contributed by atoms with Gasteiger partial charge in [-0.2, -0.15) is 18.2 Å². The summed E-state index contributed by atoms with van der Waals surface area (Å²) in [6.07, 6.45) is 1.57. The third kappa shape index (κ3) is 7.81. The number of thioether (sulfide) groups is 1. The van der Waals surface area contributed by atoms with Gasteiger partial charge in [0.25, 0.3) is 5.91 Å². The number of ether oxygens (including phenoxy) is 1. The summed E-state index contributed by atoms with van der Waals surface area (Å²) in [6, 6.07) is 3.14. The Balaban J connectivity index is 1.69. The number of carbonyl (C=O) groups is 2. The number of aliphatic imine (C=N–C) groups is 1. The highest BCUT2D eigenvalue weighted by atomic mass is 35.5.